The molecule has 0 N–H and O–H groups in total. The van der Waals surface area contributed by atoms with Crippen molar-refractivity contribution in [3.8, 4) is 11.5 Å². The minimum Gasteiger partial charge on any atom is -0.463 e. The molecule has 4 heterocycles. The molecule has 0 saturated carbocycles. The Morgan fingerprint density at radius 2 is 2.03 bits per heavy atom. The number of carbonyl (C=O) groups is 2. The topological polar surface area (TPSA) is 98.7 Å². The minimum atomic E-state index is -0.623. The smallest absolute Gasteiger partial charge is 0.339 e. The number of carbonyl (C=O) groups excluding carboxylic acids is 2. The van der Waals surface area contributed by atoms with Crippen molar-refractivity contribution in [3.63, 3.8) is 0 Å². The molecular formula is C21H23N3O5. The molecule has 8 heteroatoms. The summed E-state index contributed by atoms with van der Waals surface area (Å²) >= 11 is 0. The number of piperidine rings is 1. The number of aromatic nitrogens is 2. The van der Waals surface area contributed by atoms with Crippen molar-refractivity contribution in [2.45, 2.75) is 52.1 Å². The fraction of sp³-hybridized carbons (Fsp3) is 0.429. The third kappa shape index (κ3) is 3.62. The lowest BCUT2D eigenvalue weighted by atomic mass is 9.97. The van der Waals surface area contributed by atoms with Gasteiger partial charge in [0.15, 0.2) is 12.4 Å². The molecule has 3 aromatic heterocycles. The Morgan fingerprint density at radius 3 is 2.72 bits per heavy atom. The number of esters is 1. The van der Waals surface area contributed by atoms with Gasteiger partial charge in [-0.2, -0.15) is 0 Å². The van der Waals surface area contributed by atoms with Crippen molar-refractivity contribution in [1.82, 2.24) is 15.0 Å². The van der Waals surface area contributed by atoms with E-state index >= 15 is 0 Å². The van der Waals surface area contributed by atoms with Crippen molar-refractivity contribution in [2.24, 2.45) is 0 Å². The molecule has 0 aromatic carbocycles. The zero-order chi connectivity index (χ0) is 20.5. The molecule has 1 fully saturated rings. The van der Waals surface area contributed by atoms with Gasteiger partial charge in [0, 0.05) is 12.1 Å². The van der Waals surface area contributed by atoms with Gasteiger partial charge in [-0.3, -0.25) is 4.79 Å². The van der Waals surface area contributed by atoms with Crippen LogP contribution in [0.3, 0.4) is 0 Å². The van der Waals surface area contributed by atoms with E-state index in [1.807, 2.05) is 18.7 Å². The van der Waals surface area contributed by atoms with Gasteiger partial charge in [-0.15, -0.1) is 0 Å². The highest BCUT2D eigenvalue weighted by Gasteiger charge is 2.30. The number of rotatable bonds is 4. The number of amides is 1. The lowest BCUT2D eigenvalue weighted by Crippen LogP contribution is -2.49. The first-order valence-electron chi connectivity index (χ1n) is 9.75. The quantitative estimate of drug-likeness (QED) is 0.618. The monoisotopic (exact) mass is 397 g/mol. The first-order chi connectivity index (χ1) is 14.0. The lowest BCUT2D eigenvalue weighted by Gasteiger charge is -2.38. The lowest BCUT2D eigenvalue weighted by molar-refractivity contribution is -0.140. The molecule has 1 aliphatic rings. The maximum Gasteiger partial charge on any atom is 0.339 e. The van der Waals surface area contributed by atoms with Gasteiger partial charge in [0.1, 0.15) is 5.69 Å². The first-order valence-corrected chi connectivity index (χ1v) is 9.75. The van der Waals surface area contributed by atoms with Crippen LogP contribution >= 0.6 is 0 Å². The average Bonchev–Trinajstić information content (AvgIpc) is 3.36. The molecule has 1 amide bonds. The molecule has 4 rings (SSSR count). The van der Waals surface area contributed by atoms with Crippen LogP contribution < -0.4 is 0 Å². The predicted molar refractivity (Wildman–Crippen MR) is 104 cm³/mol. The van der Waals surface area contributed by atoms with Crippen LogP contribution in [-0.4, -0.2) is 45.6 Å². The number of ether oxygens (including phenoxy) is 1. The molecule has 0 spiro atoms. The van der Waals surface area contributed by atoms with Gasteiger partial charge in [-0.25, -0.2) is 9.78 Å². The van der Waals surface area contributed by atoms with Crippen LogP contribution in [-0.2, 0) is 9.53 Å². The maximum atomic E-state index is 12.9. The van der Waals surface area contributed by atoms with E-state index in [2.05, 4.69) is 10.1 Å². The number of likely N-dealkylation sites (tertiary alicyclic amines) is 1. The summed E-state index contributed by atoms with van der Waals surface area (Å²) in [5.74, 6) is -0.319. The Hall–Kier alpha value is -3.16. The Labute approximate surface area is 167 Å². The molecule has 1 saturated heterocycles. The Balaban J connectivity index is 1.58. The molecule has 0 bridgehead atoms. The largest absolute Gasteiger partial charge is 0.463 e. The van der Waals surface area contributed by atoms with Gasteiger partial charge in [0.2, 0.25) is 0 Å². The predicted octanol–water partition coefficient (Wildman–Crippen LogP) is 3.74. The summed E-state index contributed by atoms with van der Waals surface area (Å²) in [7, 11) is 0. The van der Waals surface area contributed by atoms with Crippen LogP contribution in [0, 0.1) is 6.92 Å². The molecule has 152 valence electrons. The molecule has 29 heavy (non-hydrogen) atoms. The number of hydrogen-bond acceptors (Lipinski definition) is 7. The summed E-state index contributed by atoms with van der Waals surface area (Å²) in [6.07, 6.45) is 4.54. The molecule has 0 aliphatic carbocycles. The van der Waals surface area contributed by atoms with Crippen LogP contribution in [0.1, 0.15) is 49.2 Å². The van der Waals surface area contributed by atoms with Gasteiger partial charge in [-0.05, 0) is 58.2 Å². The van der Waals surface area contributed by atoms with Crippen molar-refractivity contribution in [3.05, 3.63) is 35.7 Å². The highest BCUT2D eigenvalue weighted by molar-refractivity contribution is 6.04. The van der Waals surface area contributed by atoms with Crippen molar-refractivity contribution in [1.29, 1.82) is 0 Å². The van der Waals surface area contributed by atoms with Gasteiger partial charge in [0.25, 0.3) is 11.6 Å². The summed E-state index contributed by atoms with van der Waals surface area (Å²) in [5.41, 5.74) is 1.41. The van der Waals surface area contributed by atoms with Gasteiger partial charge < -0.3 is 18.6 Å². The fourth-order valence-electron chi connectivity index (χ4n) is 4.00. The van der Waals surface area contributed by atoms with Gasteiger partial charge in [-0.1, -0.05) is 5.16 Å². The summed E-state index contributed by atoms with van der Waals surface area (Å²) in [6, 6.07) is 5.32. The Morgan fingerprint density at radius 1 is 1.28 bits per heavy atom. The summed E-state index contributed by atoms with van der Waals surface area (Å²) in [5, 5.41) is 4.37. The minimum absolute atomic E-state index is 0.142. The van der Waals surface area contributed by atoms with Crippen molar-refractivity contribution < 1.29 is 23.3 Å². The molecule has 2 atom stereocenters. The summed E-state index contributed by atoms with van der Waals surface area (Å²) in [6.45, 7) is 5.46. The Kier molecular flexibility index (Phi) is 5.08. The Bertz CT molecular complexity index is 1030. The number of nitrogens with zero attached hydrogens (tertiary/aromatic N) is 3. The molecule has 1 aliphatic heterocycles. The second kappa shape index (κ2) is 7.69. The number of fused-ring (bicyclic) bond motifs is 1. The molecule has 0 radical (unpaired) electrons. The number of hydrogen-bond donors (Lipinski definition) is 0. The first kappa shape index (κ1) is 19.2. The van der Waals surface area contributed by atoms with E-state index in [1.165, 1.54) is 6.26 Å². The van der Waals surface area contributed by atoms with E-state index in [4.69, 9.17) is 13.7 Å². The van der Waals surface area contributed by atoms with Gasteiger partial charge in [0.05, 0.1) is 22.9 Å². The molecule has 3 aromatic rings. The maximum absolute atomic E-state index is 12.9. The second-order valence-corrected chi connectivity index (χ2v) is 7.49. The van der Waals surface area contributed by atoms with E-state index in [0.29, 0.717) is 22.5 Å². The van der Waals surface area contributed by atoms with E-state index in [0.717, 1.165) is 19.3 Å². The zero-order valence-corrected chi connectivity index (χ0v) is 16.7. The van der Waals surface area contributed by atoms with E-state index < -0.39 is 5.97 Å². The van der Waals surface area contributed by atoms with Crippen LogP contribution in [0.4, 0.5) is 0 Å². The average molecular weight is 397 g/mol. The fourth-order valence-corrected chi connectivity index (χ4v) is 4.00. The molecular weight excluding hydrogens is 374 g/mol. The van der Waals surface area contributed by atoms with E-state index in [-0.39, 0.29) is 35.9 Å². The van der Waals surface area contributed by atoms with Crippen LogP contribution in [0.25, 0.3) is 22.6 Å². The van der Waals surface area contributed by atoms with E-state index in [1.54, 1.807) is 25.1 Å². The molecule has 2 unspecified atom stereocenters. The SMILES string of the molecule is Cc1noc2nc(-c3ccco3)cc(C(=O)OCC(=O)N3C(C)CCCC3C)c12. The van der Waals surface area contributed by atoms with E-state index in [9.17, 15) is 9.59 Å². The standard InChI is InChI=1S/C21H23N3O5/c1-12-6-4-7-13(2)24(12)18(25)11-28-21(26)15-10-16(17-8-5-9-27-17)22-20-19(15)14(3)23-29-20/h5,8-10,12-13H,4,6-7,11H2,1-3H3. The van der Waals surface area contributed by atoms with Crippen molar-refractivity contribution >= 4 is 23.0 Å². The number of aryl methyl sites for hydroxylation is 1. The van der Waals surface area contributed by atoms with Crippen LogP contribution in [0.2, 0.25) is 0 Å². The highest BCUT2D eigenvalue weighted by Crippen LogP contribution is 2.28. The normalized spacial score (nSPS) is 19.5. The summed E-state index contributed by atoms with van der Waals surface area (Å²) < 4.78 is 16.0. The van der Waals surface area contributed by atoms with Crippen LogP contribution in [0.15, 0.2) is 33.4 Å². The highest BCUT2D eigenvalue weighted by atomic mass is 16.5. The zero-order valence-electron chi connectivity index (χ0n) is 16.7. The third-order valence-corrected chi connectivity index (χ3v) is 5.42. The van der Waals surface area contributed by atoms with Crippen molar-refractivity contribution in [2.75, 3.05) is 6.61 Å². The number of pyridine rings is 1. The second-order valence-electron chi connectivity index (χ2n) is 7.49. The number of furan rings is 1. The van der Waals surface area contributed by atoms with Gasteiger partial charge >= 0.3 is 5.97 Å². The summed E-state index contributed by atoms with van der Waals surface area (Å²) in [4.78, 5) is 31.7. The van der Waals surface area contributed by atoms with Crippen LogP contribution in [0.5, 0.6) is 0 Å². The molecule has 8 nitrogen and oxygen atoms in total. The third-order valence-electron chi connectivity index (χ3n) is 5.42.